The van der Waals surface area contributed by atoms with Crippen molar-refractivity contribution in [3.63, 3.8) is 0 Å². The lowest BCUT2D eigenvalue weighted by atomic mass is 10.0. The molecule has 35 heavy (non-hydrogen) atoms. The molecule has 1 aliphatic heterocycles. The first kappa shape index (κ1) is 23.0. The maximum atomic E-state index is 12.6. The second-order valence-electron chi connectivity index (χ2n) is 8.85. The van der Waals surface area contributed by atoms with E-state index in [1.807, 2.05) is 30.3 Å². The highest BCUT2D eigenvalue weighted by molar-refractivity contribution is 5.94. The van der Waals surface area contributed by atoms with E-state index in [9.17, 15) is 4.79 Å². The highest BCUT2D eigenvalue weighted by atomic mass is 16.2. The Labute approximate surface area is 205 Å². The van der Waals surface area contributed by atoms with Crippen molar-refractivity contribution in [1.82, 2.24) is 15.1 Å². The van der Waals surface area contributed by atoms with Gasteiger partial charge in [0.25, 0.3) is 0 Å². The van der Waals surface area contributed by atoms with Gasteiger partial charge in [-0.2, -0.15) is 5.10 Å². The number of nitrogens with two attached hydrogens (primary N) is 1. The molecule has 178 valence electrons. The third-order valence-electron chi connectivity index (χ3n) is 6.51. The summed E-state index contributed by atoms with van der Waals surface area (Å²) < 4.78 is 0. The van der Waals surface area contributed by atoms with Gasteiger partial charge in [0.05, 0.1) is 12.2 Å². The predicted octanol–water partition coefficient (Wildman–Crippen LogP) is 3.44. The second-order valence-corrected chi connectivity index (χ2v) is 8.85. The summed E-state index contributed by atoms with van der Waals surface area (Å²) in [7, 11) is 0. The minimum Gasteiger partial charge on any atom is -0.352 e. The van der Waals surface area contributed by atoms with Crippen molar-refractivity contribution in [1.29, 1.82) is 0 Å². The molecule has 0 spiro atoms. The first-order valence-corrected chi connectivity index (χ1v) is 12.0. The summed E-state index contributed by atoms with van der Waals surface area (Å²) in [6.07, 6.45) is 0.755. The highest BCUT2D eigenvalue weighted by Crippen LogP contribution is 2.28. The van der Waals surface area contributed by atoms with Crippen LogP contribution < -0.4 is 16.0 Å². The number of carbonyl (C=O) groups excluding carboxylic acids is 1. The van der Waals surface area contributed by atoms with Gasteiger partial charge in [0.15, 0.2) is 5.82 Å². The van der Waals surface area contributed by atoms with Gasteiger partial charge in [-0.05, 0) is 17.2 Å². The van der Waals surface area contributed by atoms with Crippen molar-refractivity contribution in [2.75, 3.05) is 42.9 Å². The van der Waals surface area contributed by atoms with Crippen LogP contribution >= 0.6 is 0 Å². The fourth-order valence-corrected chi connectivity index (χ4v) is 4.63. The molecule has 4 aromatic rings. The number of fused-ring (bicyclic) bond motifs is 1. The van der Waals surface area contributed by atoms with Crippen molar-refractivity contribution in [2.45, 2.75) is 13.0 Å². The molecule has 1 aromatic heterocycles. The molecule has 1 saturated heterocycles. The molecular formula is C28H30N6O. The Bertz CT molecular complexity index is 1300. The highest BCUT2D eigenvalue weighted by Gasteiger charge is 2.22. The quantitative estimate of drug-likeness (QED) is 0.434. The average molecular weight is 467 g/mol. The lowest BCUT2D eigenvalue weighted by Gasteiger charge is -2.35. The Morgan fingerprint density at radius 1 is 0.829 bits per heavy atom. The molecule has 0 radical (unpaired) electrons. The first-order valence-electron chi connectivity index (χ1n) is 12.0. The van der Waals surface area contributed by atoms with Crippen molar-refractivity contribution < 1.29 is 4.79 Å². The summed E-state index contributed by atoms with van der Waals surface area (Å²) in [5.74, 6) is 0.897. The maximum Gasteiger partial charge on any atom is 0.238 e. The minimum absolute atomic E-state index is 0.0187. The van der Waals surface area contributed by atoms with E-state index in [1.54, 1.807) is 0 Å². The molecule has 0 saturated carbocycles. The third kappa shape index (κ3) is 5.31. The van der Waals surface area contributed by atoms with Crippen molar-refractivity contribution >= 4 is 28.2 Å². The number of piperazine rings is 1. The maximum absolute atomic E-state index is 12.6. The van der Waals surface area contributed by atoms with Crippen molar-refractivity contribution in [2.24, 2.45) is 5.73 Å². The van der Waals surface area contributed by atoms with Gasteiger partial charge >= 0.3 is 0 Å². The van der Waals surface area contributed by atoms with Gasteiger partial charge in [-0.1, -0.05) is 72.8 Å². The van der Waals surface area contributed by atoms with Crippen LogP contribution in [-0.2, 0) is 17.8 Å². The number of benzene rings is 3. The number of rotatable bonds is 7. The number of aromatic nitrogens is 2. The van der Waals surface area contributed by atoms with Gasteiger partial charge in [0, 0.05) is 55.6 Å². The summed E-state index contributed by atoms with van der Waals surface area (Å²) in [5.41, 5.74) is 9.73. The fraction of sp³-hybridized carbons (Fsp3) is 0.250. The monoisotopic (exact) mass is 466 g/mol. The fourth-order valence-electron chi connectivity index (χ4n) is 4.63. The number of hydrogen-bond donors (Lipinski definition) is 2. The van der Waals surface area contributed by atoms with Gasteiger partial charge in [0.2, 0.25) is 5.91 Å². The van der Waals surface area contributed by atoms with Crippen LogP contribution in [-0.4, -0.2) is 53.7 Å². The lowest BCUT2D eigenvalue weighted by Crippen LogP contribution is -2.49. The van der Waals surface area contributed by atoms with E-state index >= 15 is 0 Å². The molecule has 1 fully saturated rings. The molecule has 7 heteroatoms. The van der Waals surface area contributed by atoms with Gasteiger partial charge < -0.3 is 16.0 Å². The largest absolute Gasteiger partial charge is 0.352 e. The van der Waals surface area contributed by atoms with Gasteiger partial charge in [0.1, 0.15) is 0 Å². The number of nitrogens with one attached hydrogen (secondary N) is 1. The number of amides is 1. The zero-order chi connectivity index (χ0) is 24.0. The Hall–Kier alpha value is -3.81. The molecule has 0 bridgehead atoms. The van der Waals surface area contributed by atoms with Crippen molar-refractivity contribution in [3.8, 4) is 0 Å². The van der Waals surface area contributed by atoms with Crippen LogP contribution in [0.4, 0.5) is 11.5 Å². The number of nitrogens with zero attached hydrogens (tertiary/aromatic N) is 4. The van der Waals surface area contributed by atoms with Crippen molar-refractivity contribution in [3.05, 3.63) is 95.7 Å². The third-order valence-corrected chi connectivity index (χ3v) is 6.51. The zero-order valence-electron chi connectivity index (χ0n) is 19.7. The first-order chi connectivity index (χ1) is 17.2. The topological polar surface area (TPSA) is 87.4 Å². The average Bonchev–Trinajstić information content (AvgIpc) is 2.90. The summed E-state index contributed by atoms with van der Waals surface area (Å²) in [4.78, 5) is 17.1. The lowest BCUT2D eigenvalue weighted by molar-refractivity contribution is -0.117. The molecule has 7 nitrogen and oxygen atoms in total. The Morgan fingerprint density at radius 3 is 2.29 bits per heavy atom. The molecule has 1 aliphatic rings. The van der Waals surface area contributed by atoms with Crippen LogP contribution in [0, 0.1) is 0 Å². The standard InChI is InChI=1S/C28H30N6O/c29-19-22-10-4-7-13-25(22)30-27(35)20-33-14-16-34(17-15-33)28-24-12-6-5-11-23(24)26(31-32-28)18-21-8-2-1-3-9-21/h1-13H,14-20,29H2,(H,30,35). The van der Waals surface area contributed by atoms with Crippen LogP contribution in [0.5, 0.6) is 0 Å². The van der Waals surface area contributed by atoms with Gasteiger partial charge in [-0.25, -0.2) is 0 Å². The Kier molecular flexibility index (Phi) is 6.97. The zero-order valence-corrected chi connectivity index (χ0v) is 19.7. The van der Waals surface area contributed by atoms with Gasteiger partial charge in [-0.15, -0.1) is 5.10 Å². The summed E-state index contributed by atoms with van der Waals surface area (Å²) in [6.45, 7) is 3.91. The van der Waals surface area contributed by atoms with E-state index in [2.05, 4.69) is 73.8 Å². The molecule has 5 rings (SSSR count). The second kappa shape index (κ2) is 10.6. The minimum atomic E-state index is -0.0187. The van der Waals surface area contributed by atoms with E-state index in [1.165, 1.54) is 5.56 Å². The number of anilines is 2. The van der Waals surface area contributed by atoms with E-state index in [4.69, 9.17) is 5.73 Å². The Balaban J connectivity index is 1.24. The van der Waals surface area contributed by atoms with Crippen LogP contribution in [0.2, 0.25) is 0 Å². The SMILES string of the molecule is NCc1ccccc1NC(=O)CN1CCN(c2nnc(Cc3ccccc3)c3ccccc23)CC1. The van der Waals surface area contributed by atoms with Gasteiger partial charge in [-0.3, -0.25) is 9.69 Å². The molecule has 2 heterocycles. The smallest absolute Gasteiger partial charge is 0.238 e. The number of para-hydroxylation sites is 1. The summed E-state index contributed by atoms with van der Waals surface area (Å²) >= 11 is 0. The molecular weight excluding hydrogens is 436 g/mol. The Morgan fingerprint density at radius 2 is 1.51 bits per heavy atom. The number of carbonyl (C=O) groups is 1. The van der Waals surface area contributed by atoms with E-state index in [0.29, 0.717) is 13.1 Å². The summed E-state index contributed by atoms with van der Waals surface area (Å²) in [6, 6.07) is 26.4. The normalized spacial score (nSPS) is 14.3. The molecule has 1 amide bonds. The van der Waals surface area contributed by atoms with E-state index in [-0.39, 0.29) is 5.91 Å². The number of hydrogen-bond acceptors (Lipinski definition) is 6. The molecule has 0 aliphatic carbocycles. The van der Waals surface area contributed by atoms with E-state index < -0.39 is 0 Å². The molecule has 0 atom stereocenters. The van der Waals surface area contributed by atoms with Crippen LogP contribution in [0.3, 0.4) is 0 Å². The van der Waals surface area contributed by atoms with Crippen LogP contribution in [0.25, 0.3) is 10.8 Å². The summed E-state index contributed by atoms with van der Waals surface area (Å²) in [5, 5.41) is 14.6. The van der Waals surface area contributed by atoms with E-state index in [0.717, 1.165) is 66.1 Å². The molecule has 3 aromatic carbocycles. The molecule has 3 N–H and O–H groups in total. The van der Waals surface area contributed by atoms with Crippen LogP contribution in [0.15, 0.2) is 78.9 Å². The van der Waals surface area contributed by atoms with Crippen LogP contribution in [0.1, 0.15) is 16.8 Å². The molecule has 0 unspecified atom stereocenters. The predicted molar refractivity (Wildman–Crippen MR) is 140 cm³/mol.